The molecule has 0 spiro atoms. The smallest absolute Gasteiger partial charge is 0.269 e. The highest BCUT2D eigenvalue weighted by Gasteiger charge is 2.26. The Hall–Kier alpha value is -1.10. The standard InChI is InChI=1S/C18H30O4/c1-8-21-16(20)22-11-12-9-13(17(2,3)4)15(19)14(10-12)18(5,6)7/h9-10,16,19-20H,8,11H2,1-7H3. The molecule has 0 amide bonds. The second-order valence-electron chi connectivity index (χ2n) is 7.61. The van der Waals surface area contributed by atoms with E-state index in [1.54, 1.807) is 6.92 Å². The van der Waals surface area contributed by atoms with E-state index in [0.29, 0.717) is 12.4 Å². The number of phenolic OH excluding ortho intramolecular Hbond substituents is 1. The van der Waals surface area contributed by atoms with Crippen LogP contribution in [0, 0.1) is 0 Å². The van der Waals surface area contributed by atoms with Crippen molar-refractivity contribution in [1.29, 1.82) is 0 Å². The molecule has 0 aliphatic heterocycles. The Morgan fingerprint density at radius 1 is 0.955 bits per heavy atom. The number of aliphatic hydroxyl groups is 1. The van der Waals surface area contributed by atoms with Gasteiger partial charge in [0.05, 0.1) is 6.61 Å². The fourth-order valence-corrected chi connectivity index (χ4v) is 2.28. The third-order valence-electron chi connectivity index (χ3n) is 3.49. The normalized spacial score (nSPS) is 14.2. The minimum absolute atomic E-state index is 0.182. The molecule has 0 aliphatic carbocycles. The third-order valence-corrected chi connectivity index (χ3v) is 3.49. The van der Waals surface area contributed by atoms with Gasteiger partial charge in [-0.1, -0.05) is 41.5 Å². The van der Waals surface area contributed by atoms with Crippen molar-refractivity contribution in [3.05, 3.63) is 28.8 Å². The maximum Gasteiger partial charge on any atom is 0.269 e. The van der Waals surface area contributed by atoms with Gasteiger partial charge in [-0.15, -0.1) is 0 Å². The molecule has 0 radical (unpaired) electrons. The highest BCUT2D eigenvalue weighted by Crippen LogP contribution is 2.39. The van der Waals surface area contributed by atoms with E-state index < -0.39 is 6.48 Å². The Balaban J connectivity index is 3.18. The van der Waals surface area contributed by atoms with E-state index >= 15 is 0 Å². The first-order chi connectivity index (χ1) is 9.96. The van der Waals surface area contributed by atoms with Crippen LogP contribution in [0.3, 0.4) is 0 Å². The monoisotopic (exact) mass is 310 g/mol. The van der Waals surface area contributed by atoms with E-state index in [-0.39, 0.29) is 17.4 Å². The summed E-state index contributed by atoms with van der Waals surface area (Å²) in [4.78, 5) is 0. The van der Waals surface area contributed by atoms with E-state index in [4.69, 9.17) is 9.47 Å². The molecule has 0 aliphatic rings. The van der Waals surface area contributed by atoms with E-state index in [1.807, 2.05) is 12.1 Å². The second kappa shape index (κ2) is 6.99. The van der Waals surface area contributed by atoms with Crippen LogP contribution in [0.25, 0.3) is 0 Å². The molecule has 4 heteroatoms. The molecule has 0 aromatic heterocycles. The molecule has 126 valence electrons. The molecule has 0 saturated heterocycles. The lowest BCUT2D eigenvalue weighted by Crippen LogP contribution is -2.19. The summed E-state index contributed by atoms with van der Waals surface area (Å²) in [5.74, 6) is 0.342. The Morgan fingerprint density at radius 2 is 1.41 bits per heavy atom. The largest absolute Gasteiger partial charge is 0.507 e. The Morgan fingerprint density at radius 3 is 1.77 bits per heavy atom. The average molecular weight is 310 g/mol. The number of phenols is 1. The van der Waals surface area contributed by atoms with E-state index in [2.05, 4.69) is 41.5 Å². The molecular formula is C18H30O4. The summed E-state index contributed by atoms with van der Waals surface area (Å²) in [5.41, 5.74) is 2.30. The molecule has 0 saturated carbocycles. The predicted molar refractivity (Wildman–Crippen MR) is 87.9 cm³/mol. The van der Waals surface area contributed by atoms with Crippen molar-refractivity contribution < 1.29 is 19.7 Å². The molecule has 22 heavy (non-hydrogen) atoms. The average Bonchev–Trinajstić information content (AvgIpc) is 2.35. The summed E-state index contributed by atoms with van der Waals surface area (Å²) in [5, 5.41) is 20.2. The van der Waals surface area contributed by atoms with Gasteiger partial charge in [0.15, 0.2) is 0 Å². The third kappa shape index (κ3) is 4.97. The van der Waals surface area contributed by atoms with Crippen molar-refractivity contribution in [2.24, 2.45) is 0 Å². The van der Waals surface area contributed by atoms with Gasteiger partial charge in [-0.05, 0) is 46.6 Å². The summed E-state index contributed by atoms with van der Waals surface area (Å²) in [6.45, 7) is 13.6. The SMILES string of the molecule is CCOC(O)OCc1cc(C(C)(C)C)c(O)c(C(C)(C)C)c1. The van der Waals surface area contributed by atoms with Crippen LogP contribution >= 0.6 is 0 Å². The molecule has 1 aromatic carbocycles. The molecule has 0 fully saturated rings. The van der Waals surface area contributed by atoms with Gasteiger partial charge in [0.25, 0.3) is 6.48 Å². The van der Waals surface area contributed by atoms with Crippen molar-refractivity contribution in [2.45, 2.75) is 72.4 Å². The van der Waals surface area contributed by atoms with Crippen molar-refractivity contribution in [3.63, 3.8) is 0 Å². The molecule has 2 N–H and O–H groups in total. The van der Waals surface area contributed by atoms with Crippen molar-refractivity contribution in [2.75, 3.05) is 6.61 Å². The quantitative estimate of drug-likeness (QED) is 0.812. The fraction of sp³-hybridized carbons (Fsp3) is 0.667. The lowest BCUT2D eigenvalue weighted by Gasteiger charge is -2.28. The molecule has 1 aromatic rings. The van der Waals surface area contributed by atoms with Gasteiger partial charge >= 0.3 is 0 Å². The first-order valence-corrected chi connectivity index (χ1v) is 7.75. The van der Waals surface area contributed by atoms with Gasteiger partial charge in [0.2, 0.25) is 0 Å². The molecule has 1 unspecified atom stereocenters. The Kier molecular flexibility index (Phi) is 6.02. The van der Waals surface area contributed by atoms with Gasteiger partial charge in [-0.2, -0.15) is 0 Å². The Bertz CT molecular complexity index is 460. The number of rotatable bonds is 5. The second-order valence-corrected chi connectivity index (χ2v) is 7.61. The first kappa shape index (κ1) is 18.9. The minimum Gasteiger partial charge on any atom is -0.507 e. The lowest BCUT2D eigenvalue weighted by molar-refractivity contribution is -0.266. The van der Waals surface area contributed by atoms with Crippen LogP contribution in [-0.2, 0) is 26.9 Å². The molecule has 0 heterocycles. The van der Waals surface area contributed by atoms with Gasteiger partial charge < -0.3 is 19.7 Å². The number of aliphatic hydroxyl groups excluding tert-OH is 1. The van der Waals surface area contributed by atoms with Crippen LogP contribution in [-0.4, -0.2) is 23.3 Å². The number of ether oxygens (including phenoxy) is 2. The maximum atomic E-state index is 10.6. The molecule has 0 bridgehead atoms. The van der Waals surface area contributed by atoms with Crippen LogP contribution in [0.4, 0.5) is 0 Å². The maximum absolute atomic E-state index is 10.6. The van der Waals surface area contributed by atoms with E-state index in [0.717, 1.165) is 16.7 Å². The highest BCUT2D eigenvalue weighted by atomic mass is 16.8. The zero-order valence-corrected chi connectivity index (χ0v) is 14.9. The van der Waals surface area contributed by atoms with Crippen LogP contribution < -0.4 is 0 Å². The molecular weight excluding hydrogens is 280 g/mol. The van der Waals surface area contributed by atoms with Crippen LogP contribution in [0.5, 0.6) is 5.75 Å². The van der Waals surface area contributed by atoms with Crippen molar-refractivity contribution in [1.82, 2.24) is 0 Å². The number of aromatic hydroxyl groups is 1. The summed E-state index contributed by atoms with van der Waals surface area (Å²) in [7, 11) is 0. The fourth-order valence-electron chi connectivity index (χ4n) is 2.28. The zero-order valence-electron chi connectivity index (χ0n) is 14.9. The Labute approximate surface area is 134 Å². The minimum atomic E-state index is -1.23. The predicted octanol–water partition coefficient (Wildman–Crippen LogP) is 3.82. The summed E-state index contributed by atoms with van der Waals surface area (Å²) < 4.78 is 10.3. The van der Waals surface area contributed by atoms with Crippen molar-refractivity contribution >= 4 is 0 Å². The first-order valence-electron chi connectivity index (χ1n) is 7.75. The topological polar surface area (TPSA) is 58.9 Å². The summed E-state index contributed by atoms with van der Waals surface area (Å²) >= 11 is 0. The highest BCUT2D eigenvalue weighted by molar-refractivity contribution is 5.49. The van der Waals surface area contributed by atoms with Gasteiger partial charge in [-0.25, -0.2) is 0 Å². The van der Waals surface area contributed by atoms with Crippen LogP contribution in [0.1, 0.15) is 65.2 Å². The molecule has 4 nitrogen and oxygen atoms in total. The van der Waals surface area contributed by atoms with E-state index in [9.17, 15) is 10.2 Å². The summed E-state index contributed by atoms with van der Waals surface area (Å²) in [6, 6.07) is 3.87. The zero-order chi connectivity index (χ0) is 17.1. The summed E-state index contributed by atoms with van der Waals surface area (Å²) in [6.07, 6.45) is 0. The van der Waals surface area contributed by atoms with Gasteiger partial charge in [0, 0.05) is 6.61 Å². The van der Waals surface area contributed by atoms with E-state index in [1.165, 1.54) is 0 Å². The van der Waals surface area contributed by atoms with Gasteiger partial charge in [0.1, 0.15) is 5.75 Å². The van der Waals surface area contributed by atoms with Crippen LogP contribution in [0.2, 0.25) is 0 Å². The lowest BCUT2D eigenvalue weighted by atomic mass is 9.78. The van der Waals surface area contributed by atoms with Crippen molar-refractivity contribution in [3.8, 4) is 5.75 Å². The van der Waals surface area contributed by atoms with Gasteiger partial charge in [-0.3, -0.25) is 0 Å². The van der Waals surface area contributed by atoms with Crippen LogP contribution in [0.15, 0.2) is 12.1 Å². The number of benzene rings is 1. The molecule has 1 rings (SSSR count). The molecule has 1 atom stereocenters. The number of hydrogen-bond acceptors (Lipinski definition) is 4. The number of hydrogen-bond donors (Lipinski definition) is 2.